The van der Waals surface area contributed by atoms with Crippen LogP contribution < -0.4 is 10.5 Å². The topological polar surface area (TPSA) is 35.2 Å². The van der Waals surface area contributed by atoms with Gasteiger partial charge in [0.15, 0.2) is 0 Å². The molecule has 0 atom stereocenters. The van der Waals surface area contributed by atoms with E-state index in [0.717, 1.165) is 22.6 Å². The lowest BCUT2D eigenvalue weighted by atomic mass is 9.96. The fourth-order valence-electron chi connectivity index (χ4n) is 3.13. The molecule has 2 N–H and O–H groups in total. The van der Waals surface area contributed by atoms with Crippen LogP contribution in [0.5, 0.6) is 11.5 Å². The van der Waals surface area contributed by atoms with Crippen molar-refractivity contribution in [3.05, 3.63) is 76.9 Å². The van der Waals surface area contributed by atoms with E-state index in [9.17, 15) is 0 Å². The molecule has 2 heteroatoms. The Labute approximate surface area is 143 Å². The van der Waals surface area contributed by atoms with Crippen LogP contribution in [-0.2, 0) is 0 Å². The molecule has 0 heterocycles. The number of rotatable bonds is 3. The zero-order valence-corrected chi connectivity index (χ0v) is 14.7. The monoisotopic (exact) mass is 317 g/mol. The SMILES string of the molecule is Cc1cc(C)cc(-c2cc(C)cc(C)c2Oc2cccc(N)c2)c1. The van der Waals surface area contributed by atoms with Gasteiger partial charge in [0.2, 0.25) is 0 Å². The minimum Gasteiger partial charge on any atom is -0.456 e. The predicted octanol–water partition coefficient (Wildman–Crippen LogP) is 5.96. The Bertz CT molecular complexity index is 876. The predicted molar refractivity (Wildman–Crippen MR) is 102 cm³/mol. The second-order valence-electron chi connectivity index (χ2n) is 6.51. The number of aryl methyl sites for hydroxylation is 4. The van der Waals surface area contributed by atoms with Crippen LogP contribution in [0, 0.1) is 27.7 Å². The van der Waals surface area contributed by atoms with Gasteiger partial charge >= 0.3 is 0 Å². The van der Waals surface area contributed by atoms with E-state index in [1.54, 1.807) is 0 Å². The van der Waals surface area contributed by atoms with Gasteiger partial charge in [-0.2, -0.15) is 0 Å². The molecule has 122 valence electrons. The van der Waals surface area contributed by atoms with E-state index in [1.165, 1.54) is 22.3 Å². The number of benzene rings is 3. The van der Waals surface area contributed by atoms with E-state index >= 15 is 0 Å². The normalized spacial score (nSPS) is 10.7. The molecule has 0 radical (unpaired) electrons. The third-order valence-electron chi connectivity index (χ3n) is 4.03. The zero-order chi connectivity index (χ0) is 17.3. The molecule has 0 saturated carbocycles. The van der Waals surface area contributed by atoms with Crippen LogP contribution >= 0.6 is 0 Å². The van der Waals surface area contributed by atoms with E-state index in [-0.39, 0.29) is 0 Å². The summed E-state index contributed by atoms with van der Waals surface area (Å²) in [4.78, 5) is 0. The Morgan fingerprint density at radius 2 is 1.42 bits per heavy atom. The second kappa shape index (κ2) is 6.40. The molecular weight excluding hydrogens is 294 g/mol. The molecule has 0 aliphatic carbocycles. The first-order valence-corrected chi connectivity index (χ1v) is 8.16. The van der Waals surface area contributed by atoms with Crippen molar-refractivity contribution in [3.63, 3.8) is 0 Å². The molecule has 24 heavy (non-hydrogen) atoms. The molecule has 0 fully saturated rings. The fraction of sp³-hybridized carbons (Fsp3) is 0.182. The van der Waals surface area contributed by atoms with Gasteiger partial charge in [0, 0.05) is 17.3 Å². The van der Waals surface area contributed by atoms with Crippen molar-refractivity contribution in [2.45, 2.75) is 27.7 Å². The van der Waals surface area contributed by atoms with E-state index in [0.29, 0.717) is 5.69 Å². The minimum absolute atomic E-state index is 0.699. The first-order valence-electron chi connectivity index (χ1n) is 8.16. The molecule has 0 unspecified atom stereocenters. The highest BCUT2D eigenvalue weighted by Crippen LogP contribution is 2.38. The van der Waals surface area contributed by atoms with Gasteiger partial charge in [-0.15, -0.1) is 0 Å². The smallest absolute Gasteiger partial charge is 0.138 e. The molecule has 2 nitrogen and oxygen atoms in total. The third kappa shape index (κ3) is 3.43. The van der Waals surface area contributed by atoms with Crippen molar-refractivity contribution < 1.29 is 4.74 Å². The summed E-state index contributed by atoms with van der Waals surface area (Å²) >= 11 is 0. The van der Waals surface area contributed by atoms with Crippen LogP contribution in [0.2, 0.25) is 0 Å². The number of hydrogen-bond donors (Lipinski definition) is 1. The van der Waals surface area contributed by atoms with Crippen molar-refractivity contribution in [2.24, 2.45) is 0 Å². The average molecular weight is 317 g/mol. The summed E-state index contributed by atoms with van der Waals surface area (Å²) in [7, 11) is 0. The maximum atomic E-state index is 6.23. The van der Waals surface area contributed by atoms with Crippen LogP contribution in [0.1, 0.15) is 22.3 Å². The van der Waals surface area contributed by atoms with E-state index in [4.69, 9.17) is 10.5 Å². The van der Waals surface area contributed by atoms with Crippen molar-refractivity contribution in [1.82, 2.24) is 0 Å². The highest BCUT2D eigenvalue weighted by molar-refractivity contribution is 5.74. The highest BCUT2D eigenvalue weighted by Gasteiger charge is 2.13. The Morgan fingerprint density at radius 1 is 0.750 bits per heavy atom. The van der Waals surface area contributed by atoms with E-state index < -0.39 is 0 Å². The van der Waals surface area contributed by atoms with Crippen LogP contribution in [0.15, 0.2) is 54.6 Å². The van der Waals surface area contributed by atoms with Gasteiger partial charge in [-0.25, -0.2) is 0 Å². The van der Waals surface area contributed by atoms with Gasteiger partial charge in [0.05, 0.1) is 0 Å². The first-order chi connectivity index (χ1) is 11.4. The van der Waals surface area contributed by atoms with Crippen LogP contribution in [0.3, 0.4) is 0 Å². The van der Waals surface area contributed by atoms with Gasteiger partial charge < -0.3 is 10.5 Å². The summed E-state index contributed by atoms with van der Waals surface area (Å²) < 4.78 is 6.23. The van der Waals surface area contributed by atoms with E-state index in [2.05, 4.69) is 58.0 Å². The van der Waals surface area contributed by atoms with Gasteiger partial charge in [0.25, 0.3) is 0 Å². The molecule has 0 aliphatic heterocycles. The number of ether oxygens (including phenoxy) is 1. The molecule has 0 aromatic heterocycles. The molecule has 3 aromatic rings. The fourth-order valence-corrected chi connectivity index (χ4v) is 3.13. The van der Waals surface area contributed by atoms with Crippen molar-refractivity contribution in [1.29, 1.82) is 0 Å². The van der Waals surface area contributed by atoms with Gasteiger partial charge in [-0.3, -0.25) is 0 Å². The Morgan fingerprint density at radius 3 is 2.08 bits per heavy atom. The number of hydrogen-bond acceptors (Lipinski definition) is 2. The summed E-state index contributed by atoms with van der Waals surface area (Å²) in [6.45, 7) is 8.44. The molecule has 3 aromatic carbocycles. The third-order valence-corrected chi connectivity index (χ3v) is 4.03. The Kier molecular flexibility index (Phi) is 4.30. The first kappa shape index (κ1) is 16.1. The van der Waals surface area contributed by atoms with Crippen molar-refractivity contribution in [3.8, 4) is 22.6 Å². The summed E-state index contributed by atoms with van der Waals surface area (Å²) in [5.74, 6) is 1.64. The number of anilines is 1. The van der Waals surface area contributed by atoms with Crippen molar-refractivity contribution in [2.75, 3.05) is 5.73 Å². The molecular formula is C22H23NO. The second-order valence-corrected chi connectivity index (χ2v) is 6.51. The van der Waals surface area contributed by atoms with E-state index in [1.807, 2.05) is 24.3 Å². The van der Waals surface area contributed by atoms with Crippen LogP contribution in [0.25, 0.3) is 11.1 Å². The van der Waals surface area contributed by atoms with Crippen LogP contribution in [0.4, 0.5) is 5.69 Å². The molecule has 0 bridgehead atoms. The van der Waals surface area contributed by atoms with Gasteiger partial charge in [0.1, 0.15) is 11.5 Å². The maximum Gasteiger partial charge on any atom is 0.138 e. The lowest BCUT2D eigenvalue weighted by Gasteiger charge is -2.16. The standard InChI is InChI=1S/C22H23NO/c1-14-8-15(2)11-18(10-14)21-12-16(3)9-17(4)22(21)24-20-7-5-6-19(23)13-20/h5-13H,23H2,1-4H3. The zero-order valence-electron chi connectivity index (χ0n) is 14.7. The molecule has 0 spiro atoms. The maximum absolute atomic E-state index is 6.23. The van der Waals surface area contributed by atoms with Gasteiger partial charge in [-0.1, -0.05) is 41.5 Å². The lowest BCUT2D eigenvalue weighted by molar-refractivity contribution is 0.481. The number of nitrogen functional groups attached to an aromatic ring is 1. The summed E-state index contributed by atoms with van der Waals surface area (Å²) in [5.41, 5.74) is 13.7. The highest BCUT2D eigenvalue weighted by atomic mass is 16.5. The molecule has 0 aliphatic rings. The summed E-state index contributed by atoms with van der Waals surface area (Å²) in [6, 6.07) is 18.5. The summed E-state index contributed by atoms with van der Waals surface area (Å²) in [6.07, 6.45) is 0. The molecule has 3 rings (SSSR count). The Hall–Kier alpha value is -2.74. The molecule has 0 amide bonds. The minimum atomic E-state index is 0.699. The lowest BCUT2D eigenvalue weighted by Crippen LogP contribution is -1.95. The largest absolute Gasteiger partial charge is 0.456 e. The number of nitrogens with two attached hydrogens (primary N) is 1. The quantitative estimate of drug-likeness (QED) is 0.605. The van der Waals surface area contributed by atoms with Crippen molar-refractivity contribution >= 4 is 5.69 Å². The van der Waals surface area contributed by atoms with Crippen LogP contribution in [-0.4, -0.2) is 0 Å². The van der Waals surface area contributed by atoms with Gasteiger partial charge in [-0.05, 0) is 62.6 Å². The average Bonchev–Trinajstić information content (AvgIpc) is 2.49. The summed E-state index contributed by atoms with van der Waals surface area (Å²) in [5, 5.41) is 0. The Balaban J connectivity index is 2.15. The molecule has 0 saturated heterocycles.